The fourth-order valence-corrected chi connectivity index (χ4v) is 3.17. The van der Waals surface area contributed by atoms with Crippen LogP contribution in [0.5, 0.6) is 5.75 Å². The molecule has 26 heavy (non-hydrogen) atoms. The number of hydrogen-bond donors (Lipinski definition) is 2. The van der Waals surface area contributed by atoms with Crippen molar-refractivity contribution in [3.05, 3.63) is 41.3 Å². The molecule has 0 fully saturated rings. The lowest BCUT2D eigenvalue weighted by atomic mass is 9.91. The molecule has 1 aromatic carbocycles. The summed E-state index contributed by atoms with van der Waals surface area (Å²) in [5.41, 5.74) is 1.81. The Morgan fingerprint density at radius 1 is 1.35 bits per heavy atom. The number of carboxylic acid groups (broad SMARTS) is 1. The van der Waals surface area contributed by atoms with Crippen LogP contribution in [0.3, 0.4) is 0 Å². The number of aromatic nitrogens is 2. The van der Waals surface area contributed by atoms with Crippen molar-refractivity contribution in [3.8, 4) is 17.0 Å². The molecule has 0 spiro atoms. The lowest BCUT2D eigenvalue weighted by molar-refractivity contribution is 0.143. The average Bonchev–Trinajstić information content (AvgIpc) is 2.52. The standard InChI is InChI=1S/C19H24ClN3O3/c1-12(2)9-19(4,23-18(24)25)10-26-17-6-5-14(8-15(17)20)16-7-13(3)21-11-22-16/h5-8,11-12,23H,9-10H2,1-4H3,(H,24,25). The highest BCUT2D eigenvalue weighted by Gasteiger charge is 2.28. The van der Waals surface area contributed by atoms with Gasteiger partial charge in [-0.3, -0.25) is 0 Å². The number of amides is 1. The number of aryl methyl sites for hydroxylation is 1. The normalized spacial score (nSPS) is 13.3. The van der Waals surface area contributed by atoms with E-state index < -0.39 is 11.6 Å². The van der Waals surface area contributed by atoms with Crippen molar-refractivity contribution in [2.75, 3.05) is 6.61 Å². The first-order valence-electron chi connectivity index (χ1n) is 8.41. The first-order chi connectivity index (χ1) is 12.2. The molecule has 0 radical (unpaired) electrons. The van der Waals surface area contributed by atoms with Crippen LogP contribution in [0.1, 0.15) is 32.9 Å². The van der Waals surface area contributed by atoms with E-state index in [1.807, 2.05) is 39.8 Å². The van der Waals surface area contributed by atoms with Crippen LogP contribution in [0.4, 0.5) is 4.79 Å². The highest BCUT2D eigenvalue weighted by molar-refractivity contribution is 6.32. The Morgan fingerprint density at radius 2 is 2.08 bits per heavy atom. The van der Waals surface area contributed by atoms with Gasteiger partial charge < -0.3 is 15.2 Å². The number of halogens is 1. The third-order valence-corrected chi connectivity index (χ3v) is 4.14. The lowest BCUT2D eigenvalue weighted by Crippen LogP contribution is -2.50. The maximum Gasteiger partial charge on any atom is 0.405 e. The van der Waals surface area contributed by atoms with Gasteiger partial charge in [-0.1, -0.05) is 25.4 Å². The highest BCUT2D eigenvalue weighted by Crippen LogP contribution is 2.30. The minimum Gasteiger partial charge on any atom is -0.490 e. The molecule has 2 rings (SSSR count). The van der Waals surface area contributed by atoms with Crippen molar-refractivity contribution in [1.82, 2.24) is 15.3 Å². The molecule has 2 N–H and O–H groups in total. The number of carbonyl (C=O) groups is 1. The van der Waals surface area contributed by atoms with Gasteiger partial charge >= 0.3 is 6.09 Å². The van der Waals surface area contributed by atoms with E-state index in [-0.39, 0.29) is 6.61 Å². The monoisotopic (exact) mass is 377 g/mol. The van der Waals surface area contributed by atoms with Crippen LogP contribution in [0.2, 0.25) is 5.02 Å². The fourth-order valence-electron chi connectivity index (χ4n) is 2.93. The molecule has 0 aliphatic heterocycles. The second kappa shape index (κ2) is 8.36. The molecule has 6 nitrogen and oxygen atoms in total. The molecular formula is C19H24ClN3O3. The third kappa shape index (κ3) is 5.59. The van der Waals surface area contributed by atoms with Gasteiger partial charge in [-0.15, -0.1) is 0 Å². The van der Waals surface area contributed by atoms with E-state index >= 15 is 0 Å². The summed E-state index contributed by atoms with van der Waals surface area (Å²) in [6, 6.07) is 7.30. The zero-order chi connectivity index (χ0) is 19.3. The van der Waals surface area contributed by atoms with Crippen LogP contribution in [-0.2, 0) is 0 Å². The van der Waals surface area contributed by atoms with Crippen molar-refractivity contribution < 1.29 is 14.6 Å². The Balaban J connectivity index is 2.15. The summed E-state index contributed by atoms with van der Waals surface area (Å²) in [6.45, 7) is 7.98. The van der Waals surface area contributed by atoms with Crippen LogP contribution in [0.15, 0.2) is 30.6 Å². The second-order valence-electron chi connectivity index (χ2n) is 7.07. The summed E-state index contributed by atoms with van der Waals surface area (Å²) < 4.78 is 5.83. The van der Waals surface area contributed by atoms with E-state index in [1.54, 1.807) is 12.1 Å². The number of ether oxygens (including phenoxy) is 1. The minimum absolute atomic E-state index is 0.184. The molecular weight excluding hydrogens is 354 g/mol. The minimum atomic E-state index is -1.07. The number of nitrogens with one attached hydrogen (secondary N) is 1. The van der Waals surface area contributed by atoms with Gasteiger partial charge in [-0.05, 0) is 50.5 Å². The van der Waals surface area contributed by atoms with Gasteiger partial charge in [0.1, 0.15) is 18.7 Å². The first-order valence-corrected chi connectivity index (χ1v) is 8.79. The van der Waals surface area contributed by atoms with Gasteiger partial charge in [0, 0.05) is 11.3 Å². The molecule has 1 unspecified atom stereocenters. The Kier molecular flexibility index (Phi) is 6.42. The Hall–Kier alpha value is -2.34. The Labute approximate surface area is 158 Å². The molecule has 1 atom stereocenters. The van der Waals surface area contributed by atoms with E-state index in [2.05, 4.69) is 15.3 Å². The second-order valence-corrected chi connectivity index (χ2v) is 7.47. The molecule has 7 heteroatoms. The van der Waals surface area contributed by atoms with E-state index in [1.165, 1.54) is 6.33 Å². The van der Waals surface area contributed by atoms with E-state index in [0.29, 0.717) is 23.1 Å². The van der Waals surface area contributed by atoms with E-state index in [4.69, 9.17) is 21.4 Å². The maximum absolute atomic E-state index is 11.1. The quantitative estimate of drug-likeness (QED) is 0.739. The largest absolute Gasteiger partial charge is 0.490 e. The first kappa shape index (κ1) is 20.0. The third-order valence-electron chi connectivity index (χ3n) is 3.85. The number of hydrogen-bond acceptors (Lipinski definition) is 4. The predicted molar refractivity (Wildman–Crippen MR) is 102 cm³/mol. The van der Waals surface area contributed by atoms with Gasteiger partial charge in [0.05, 0.1) is 16.3 Å². The fraction of sp³-hybridized carbons (Fsp3) is 0.421. The molecule has 0 aliphatic rings. The summed E-state index contributed by atoms with van der Waals surface area (Å²) in [7, 11) is 0. The molecule has 0 aliphatic carbocycles. The van der Waals surface area contributed by atoms with Crippen molar-refractivity contribution in [2.45, 2.75) is 39.7 Å². The van der Waals surface area contributed by atoms with Crippen LogP contribution in [-0.4, -0.2) is 33.3 Å². The van der Waals surface area contributed by atoms with Crippen LogP contribution in [0.25, 0.3) is 11.3 Å². The van der Waals surface area contributed by atoms with Gasteiger partial charge in [0.25, 0.3) is 0 Å². The molecule has 1 amide bonds. The van der Waals surface area contributed by atoms with Gasteiger partial charge in [0.2, 0.25) is 0 Å². The summed E-state index contributed by atoms with van der Waals surface area (Å²) in [5, 5.41) is 12.1. The predicted octanol–water partition coefficient (Wildman–Crippen LogP) is 4.56. The van der Waals surface area contributed by atoms with E-state index in [9.17, 15) is 4.79 Å². The summed E-state index contributed by atoms with van der Waals surface area (Å²) in [5.74, 6) is 0.817. The average molecular weight is 378 g/mol. The molecule has 2 aromatic rings. The Morgan fingerprint density at radius 3 is 2.65 bits per heavy atom. The lowest BCUT2D eigenvalue weighted by Gasteiger charge is -2.31. The summed E-state index contributed by atoms with van der Waals surface area (Å²) in [6.07, 6.45) is 1.09. The summed E-state index contributed by atoms with van der Waals surface area (Å²) >= 11 is 6.35. The Bertz CT molecular complexity index is 782. The van der Waals surface area contributed by atoms with Gasteiger partial charge in [0.15, 0.2) is 0 Å². The zero-order valence-corrected chi connectivity index (χ0v) is 16.2. The molecule has 1 heterocycles. The zero-order valence-electron chi connectivity index (χ0n) is 15.4. The highest BCUT2D eigenvalue weighted by atomic mass is 35.5. The van der Waals surface area contributed by atoms with Crippen molar-refractivity contribution >= 4 is 17.7 Å². The smallest absolute Gasteiger partial charge is 0.405 e. The SMILES string of the molecule is Cc1cc(-c2ccc(OCC(C)(CC(C)C)NC(=O)O)c(Cl)c2)ncn1. The molecule has 1 aromatic heterocycles. The maximum atomic E-state index is 11.1. The molecule has 0 saturated carbocycles. The van der Waals surface area contributed by atoms with E-state index in [0.717, 1.165) is 17.0 Å². The number of rotatable bonds is 7. The number of benzene rings is 1. The topological polar surface area (TPSA) is 84.3 Å². The number of nitrogens with zero attached hydrogens (tertiary/aromatic N) is 2. The van der Waals surface area contributed by atoms with Crippen LogP contribution >= 0.6 is 11.6 Å². The van der Waals surface area contributed by atoms with Crippen LogP contribution < -0.4 is 10.1 Å². The molecule has 0 bridgehead atoms. The van der Waals surface area contributed by atoms with Crippen molar-refractivity contribution in [1.29, 1.82) is 0 Å². The van der Waals surface area contributed by atoms with Gasteiger partial charge in [-0.25, -0.2) is 14.8 Å². The van der Waals surface area contributed by atoms with Crippen molar-refractivity contribution in [3.63, 3.8) is 0 Å². The molecule has 0 saturated heterocycles. The summed E-state index contributed by atoms with van der Waals surface area (Å²) in [4.78, 5) is 19.4. The molecule has 140 valence electrons. The van der Waals surface area contributed by atoms with Gasteiger partial charge in [-0.2, -0.15) is 0 Å². The van der Waals surface area contributed by atoms with Crippen LogP contribution in [0, 0.1) is 12.8 Å². The van der Waals surface area contributed by atoms with Crippen molar-refractivity contribution in [2.24, 2.45) is 5.92 Å².